The molecule has 0 saturated heterocycles. The third kappa shape index (κ3) is 1.12. The molecule has 0 bridgehead atoms. The highest BCUT2D eigenvalue weighted by molar-refractivity contribution is 5.09. The van der Waals surface area contributed by atoms with Crippen molar-refractivity contribution < 1.29 is 4.74 Å². The van der Waals surface area contributed by atoms with Crippen molar-refractivity contribution in [3.05, 3.63) is 12.0 Å². The molecule has 0 amide bonds. The first kappa shape index (κ1) is 7.12. The summed E-state index contributed by atoms with van der Waals surface area (Å²) < 4.78 is 7.18. The van der Waals surface area contributed by atoms with Crippen LogP contribution in [0, 0.1) is 6.92 Å². The predicted octanol–water partition coefficient (Wildman–Crippen LogP) is 1.13. The van der Waals surface area contributed by atoms with Crippen LogP contribution in [0.5, 0.6) is 5.88 Å². The van der Waals surface area contributed by atoms with Crippen molar-refractivity contribution in [3.8, 4) is 5.88 Å². The first-order chi connectivity index (χ1) is 4.75. The summed E-state index contributed by atoms with van der Waals surface area (Å²) >= 11 is 0. The van der Waals surface area contributed by atoms with Crippen molar-refractivity contribution in [2.45, 2.75) is 13.8 Å². The first-order valence-corrected chi connectivity index (χ1v) is 3.36. The second-order valence-electron chi connectivity index (χ2n) is 2.14. The van der Waals surface area contributed by atoms with Gasteiger partial charge in [0.2, 0.25) is 5.88 Å². The maximum absolute atomic E-state index is 5.26. The molecule has 0 aliphatic rings. The average molecular weight is 140 g/mol. The molecule has 0 atom stereocenters. The molecule has 0 aromatic carbocycles. The minimum atomic E-state index is 0.693. The van der Waals surface area contributed by atoms with E-state index in [1.54, 1.807) is 6.20 Å². The van der Waals surface area contributed by atoms with Gasteiger partial charge in [0.25, 0.3) is 0 Å². The summed E-state index contributed by atoms with van der Waals surface area (Å²) in [6, 6.07) is 0. The fraction of sp³-hybridized carbons (Fsp3) is 0.571. The number of ether oxygens (including phenoxy) is 1. The van der Waals surface area contributed by atoms with E-state index in [2.05, 4.69) is 4.98 Å². The van der Waals surface area contributed by atoms with Crippen LogP contribution in [0.1, 0.15) is 12.7 Å². The monoisotopic (exact) mass is 140 g/mol. The third-order valence-electron chi connectivity index (χ3n) is 1.47. The molecule has 3 nitrogen and oxygen atoms in total. The minimum absolute atomic E-state index is 0.693. The van der Waals surface area contributed by atoms with Crippen LogP contribution in [0.2, 0.25) is 0 Å². The van der Waals surface area contributed by atoms with Gasteiger partial charge in [0.15, 0.2) is 0 Å². The average Bonchev–Trinajstić information content (AvgIpc) is 2.20. The van der Waals surface area contributed by atoms with Gasteiger partial charge < -0.3 is 9.30 Å². The Labute approximate surface area is 60.6 Å². The highest BCUT2D eigenvalue weighted by Crippen LogP contribution is 2.09. The normalized spacial score (nSPS) is 9.90. The summed E-state index contributed by atoms with van der Waals surface area (Å²) in [7, 11) is 1.94. The number of hydrogen-bond acceptors (Lipinski definition) is 2. The van der Waals surface area contributed by atoms with Crippen LogP contribution >= 0.6 is 0 Å². The third-order valence-corrected chi connectivity index (χ3v) is 1.47. The zero-order chi connectivity index (χ0) is 7.56. The Balaban J connectivity index is 2.83. The van der Waals surface area contributed by atoms with Gasteiger partial charge in [-0.05, 0) is 13.8 Å². The molecule has 0 radical (unpaired) electrons. The van der Waals surface area contributed by atoms with Gasteiger partial charge in [-0.25, -0.2) is 4.98 Å². The summed E-state index contributed by atoms with van der Waals surface area (Å²) in [5.41, 5.74) is 0. The summed E-state index contributed by atoms with van der Waals surface area (Å²) in [4.78, 5) is 4.07. The lowest BCUT2D eigenvalue weighted by Crippen LogP contribution is -1.98. The summed E-state index contributed by atoms with van der Waals surface area (Å²) in [5, 5.41) is 0. The number of nitrogens with zero attached hydrogens (tertiary/aromatic N) is 2. The number of rotatable bonds is 2. The highest BCUT2D eigenvalue weighted by atomic mass is 16.5. The van der Waals surface area contributed by atoms with Crippen molar-refractivity contribution >= 4 is 0 Å². The molecule has 1 aromatic rings. The zero-order valence-electron chi connectivity index (χ0n) is 6.59. The lowest BCUT2D eigenvalue weighted by molar-refractivity contribution is 0.314. The molecule has 0 unspecified atom stereocenters. The number of imidazole rings is 1. The van der Waals surface area contributed by atoms with Crippen LogP contribution in [-0.2, 0) is 7.05 Å². The van der Waals surface area contributed by atoms with Gasteiger partial charge in [-0.3, -0.25) is 0 Å². The Kier molecular flexibility index (Phi) is 1.94. The van der Waals surface area contributed by atoms with Crippen LogP contribution in [0.15, 0.2) is 6.20 Å². The summed E-state index contributed by atoms with van der Waals surface area (Å²) in [5.74, 6) is 1.81. The van der Waals surface area contributed by atoms with Crippen LogP contribution < -0.4 is 4.74 Å². The topological polar surface area (TPSA) is 27.1 Å². The highest BCUT2D eigenvalue weighted by Gasteiger charge is 2.00. The van der Waals surface area contributed by atoms with Crippen LogP contribution in [0.3, 0.4) is 0 Å². The molecule has 0 saturated carbocycles. The number of aryl methyl sites for hydroxylation is 1. The Morgan fingerprint density at radius 3 is 2.80 bits per heavy atom. The van der Waals surface area contributed by atoms with E-state index in [1.807, 2.05) is 25.5 Å². The first-order valence-electron chi connectivity index (χ1n) is 3.36. The molecule has 0 aliphatic carbocycles. The summed E-state index contributed by atoms with van der Waals surface area (Å²) in [6.07, 6.45) is 1.73. The molecule has 1 aromatic heterocycles. The quantitative estimate of drug-likeness (QED) is 0.615. The van der Waals surface area contributed by atoms with E-state index in [0.29, 0.717) is 6.61 Å². The maximum Gasteiger partial charge on any atom is 0.213 e. The van der Waals surface area contributed by atoms with E-state index in [-0.39, 0.29) is 0 Å². The Bertz CT molecular complexity index is 217. The van der Waals surface area contributed by atoms with Crippen molar-refractivity contribution in [3.63, 3.8) is 0 Å². The second kappa shape index (κ2) is 2.73. The predicted molar refractivity (Wildman–Crippen MR) is 39.1 cm³/mol. The van der Waals surface area contributed by atoms with Crippen LogP contribution in [0.4, 0.5) is 0 Å². The van der Waals surface area contributed by atoms with Crippen molar-refractivity contribution in [1.82, 2.24) is 9.55 Å². The number of hydrogen-bond donors (Lipinski definition) is 0. The minimum Gasteiger partial charge on any atom is -0.478 e. The van der Waals surface area contributed by atoms with Gasteiger partial charge in [-0.1, -0.05) is 0 Å². The van der Waals surface area contributed by atoms with Gasteiger partial charge in [0.1, 0.15) is 5.82 Å². The molecule has 10 heavy (non-hydrogen) atoms. The molecule has 56 valence electrons. The number of aromatic nitrogens is 2. The molecule has 3 heteroatoms. The Hall–Kier alpha value is -0.990. The maximum atomic E-state index is 5.26. The van der Waals surface area contributed by atoms with E-state index >= 15 is 0 Å². The Morgan fingerprint density at radius 1 is 1.70 bits per heavy atom. The van der Waals surface area contributed by atoms with Gasteiger partial charge in [0, 0.05) is 7.05 Å². The smallest absolute Gasteiger partial charge is 0.213 e. The van der Waals surface area contributed by atoms with Gasteiger partial charge in [0.05, 0.1) is 12.8 Å². The van der Waals surface area contributed by atoms with E-state index < -0.39 is 0 Å². The zero-order valence-corrected chi connectivity index (χ0v) is 6.59. The molecule has 0 fully saturated rings. The van der Waals surface area contributed by atoms with Crippen LogP contribution in [-0.4, -0.2) is 16.2 Å². The molecular weight excluding hydrogens is 128 g/mol. The van der Waals surface area contributed by atoms with E-state index in [4.69, 9.17) is 4.74 Å². The van der Waals surface area contributed by atoms with Crippen molar-refractivity contribution in [2.75, 3.05) is 6.61 Å². The fourth-order valence-corrected chi connectivity index (χ4v) is 0.763. The lowest BCUT2D eigenvalue weighted by atomic mass is 10.7. The van der Waals surface area contributed by atoms with E-state index in [9.17, 15) is 0 Å². The van der Waals surface area contributed by atoms with Gasteiger partial charge in [-0.15, -0.1) is 0 Å². The molecule has 1 heterocycles. The molecule has 0 spiro atoms. The molecular formula is C7H12N2O. The van der Waals surface area contributed by atoms with E-state index in [1.165, 1.54) is 0 Å². The van der Waals surface area contributed by atoms with Crippen molar-refractivity contribution in [1.29, 1.82) is 0 Å². The van der Waals surface area contributed by atoms with Crippen LogP contribution in [0.25, 0.3) is 0 Å². The molecule has 0 N–H and O–H groups in total. The largest absolute Gasteiger partial charge is 0.478 e. The van der Waals surface area contributed by atoms with Crippen molar-refractivity contribution in [2.24, 2.45) is 7.05 Å². The second-order valence-corrected chi connectivity index (χ2v) is 2.14. The molecule has 1 rings (SSSR count). The molecule has 0 aliphatic heterocycles. The SMILES string of the molecule is CCOc1cnc(C)n1C. The Morgan fingerprint density at radius 2 is 2.40 bits per heavy atom. The summed E-state index contributed by atoms with van der Waals surface area (Å²) in [6.45, 7) is 4.60. The van der Waals surface area contributed by atoms with Gasteiger partial charge in [-0.2, -0.15) is 0 Å². The standard InChI is InChI=1S/C7H12N2O/c1-4-10-7-5-8-6(2)9(7)3/h5H,4H2,1-3H3. The lowest BCUT2D eigenvalue weighted by Gasteiger charge is -2.02. The van der Waals surface area contributed by atoms with E-state index in [0.717, 1.165) is 11.7 Å². The fourth-order valence-electron chi connectivity index (χ4n) is 0.763. The van der Waals surface area contributed by atoms with Gasteiger partial charge >= 0.3 is 0 Å².